The minimum atomic E-state index is -0.352. The number of nitrogens with zero attached hydrogens (tertiary/aromatic N) is 1. The maximum atomic E-state index is 12.3. The van der Waals surface area contributed by atoms with Crippen LogP contribution in [-0.2, 0) is 0 Å². The molecule has 4 nitrogen and oxygen atoms in total. The van der Waals surface area contributed by atoms with Crippen LogP contribution in [0.15, 0.2) is 30.6 Å². The first kappa shape index (κ1) is 13.1. The number of thiophene rings is 1. The molecule has 2 N–H and O–H groups in total. The SMILES string of the molecule is CCCC1(C)NC(=O)c2sc(-c3ccncc3)cc2N1. The van der Waals surface area contributed by atoms with Gasteiger partial charge in [0.05, 0.1) is 5.69 Å². The molecule has 0 spiro atoms. The van der Waals surface area contributed by atoms with E-state index in [1.54, 1.807) is 12.4 Å². The van der Waals surface area contributed by atoms with Crippen molar-refractivity contribution in [1.29, 1.82) is 0 Å². The van der Waals surface area contributed by atoms with E-state index in [4.69, 9.17) is 0 Å². The summed E-state index contributed by atoms with van der Waals surface area (Å²) in [6, 6.07) is 5.98. The zero-order chi connectivity index (χ0) is 14.2. The van der Waals surface area contributed by atoms with Gasteiger partial charge in [-0.25, -0.2) is 0 Å². The van der Waals surface area contributed by atoms with Gasteiger partial charge in [-0.3, -0.25) is 9.78 Å². The van der Waals surface area contributed by atoms with E-state index in [0.717, 1.165) is 33.8 Å². The molecule has 2 aromatic heterocycles. The van der Waals surface area contributed by atoms with Gasteiger partial charge in [-0.2, -0.15) is 0 Å². The molecule has 0 aromatic carbocycles. The summed E-state index contributed by atoms with van der Waals surface area (Å²) < 4.78 is 0. The lowest BCUT2D eigenvalue weighted by molar-refractivity contribution is 0.0908. The molecule has 3 heterocycles. The minimum absolute atomic E-state index is 0.0139. The van der Waals surface area contributed by atoms with E-state index in [9.17, 15) is 4.79 Å². The number of anilines is 1. The number of rotatable bonds is 3. The van der Waals surface area contributed by atoms with Crippen LogP contribution < -0.4 is 10.6 Å². The molecule has 1 atom stereocenters. The highest BCUT2D eigenvalue weighted by Crippen LogP contribution is 2.38. The van der Waals surface area contributed by atoms with Crippen LogP contribution in [0.1, 0.15) is 36.4 Å². The highest BCUT2D eigenvalue weighted by atomic mass is 32.1. The zero-order valence-electron chi connectivity index (χ0n) is 11.6. The largest absolute Gasteiger partial charge is 0.362 e. The van der Waals surface area contributed by atoms with Gasteiger partial charge in [0, 0.05) is 17.3 Å². The molecular weight excluding hydrogens is 270 g/mol. The fraction of sp³-hybridized carbons (Fsp3) is 0.333. The lowest BCUT2D eigenvalue weighted by Crippen LogP contribution is -2.54. The van der Waals surface area contributed by atoms with Gasteiger partial charge in [-0.1, -0.05) is 13.3 Å². The molecule has 5 heteroatoms. The lowest BCUT2D eigenvalue weighted by atomic mass is 10.0. The molecule has 3 rings (SSSR count). The average molecular weight is 287 g/mol. The predicted molar refractivity (Wildman–Crippen MR) is 82.0 cm³/mol. The number of fused-ring (bicyclic) bond motifs is 1. The van der Waals surface area contributed by atoms with E-state index in [-0.39, 0.29) is 11.6 Å². The van der Waals surface area contributed by atoms with Crippen LogP contribution in [0.3, 0.4) is 0 Å². The van der Waals surface area contributed by atoms with Crippen molar-refractivity contribution in [2.75, 3.05) is 5.32 Å². The fourth-order valence-electron chi connectivity index (χ4n) is 2.57. The Labute approximate surface area is 122 Å². The Balaban J connectivity index is 1.98. The summed E-state index contributed by atoms with van der Waals surface area (Å²) in [4.78, 5) is 18.1. The zero-order valence-corrected chi connectivity index (χ0v) is 12.4. The molecule has 2 aromatic rings. The molecule has 0 aliphatic carbocycles. The molecule has 0 saturated heterocycles. The summed E-state index contributed by atoms with van der Waals surface area (Å²) in [5.74, 6) is 0.0139. The van der Waals surface area contributed by atoms with E-state index in [0.29, 0.717) is 0 Å². The highest BCUT2D eigenvalue weighted by Gasteiger charge is 2.34. The van der Waals surface area contributed by atoms with Gasteiger partial charge in [0.25, 0.3) is 5.91 Å². The summed E-state index contributed by atoms with van der Waals surface area (Å²) in [6.07, 6.45) is 5.45. The second-order valence-electron chi connectivity index (χ2n) is 5.25. The fourth-order valence-corrected chi connectivity index (χ4v) is 3.59. The Morgan fingerprint density at radius 3 is 2.75 bits per heavy atom. The number of carbonyl (C=O) groups excluding carboxylic acids is 1. The van der Waals surface area contributed by atoms with Gasteiger partial charge in [-0.05, 0) is 37.1 Å². The first-order valence-corrected chi connectivity index (χ1v) is 7.58. The highest BCUT2D eigenvalue weighted by molar-refractivity contribution is 7.18. The number of carbonyl (C=O) groups is 1. The second-order valence-corrected chi connectivity index (χ2v) is 6.30. The van der Waals surface area contributed by atoms with Crippen LogP contribution in [0.4, 0.5) is 5.69 Å². The van der Waals surface area contributed by atoms with E-state index in [1.165, 1.54) is 11.3 Å². The van der Waals surface area contributed by atoms with Crippen LogP contribution in [-0.4, -0.2) is 16.6 Å². The maximum absolute atomic E-state index is 12.3. The van der Waals surface area contributed by atoms with Crippen molar-refractivity contribution < 1.29 is 4.79 Å². The monoisotopic (exact) mass is 287 g/mol. The Morgan fingerprint density at radius 2 is 2.05 bits per heavy atom. The number of hydrogen-bond donors (Lipinski definition) is 2. The van der Waals surface area contributed by atoms with Gasteiger partial charge < -0.3 is 10.6 Å². The van der Waals surface area contributed by atoms with Gasteiger partial charge in [-0.15, -0.1) is 11.3 Å². The maximum Gasteiger partial charge on any atom is 0.265 e. The number of aromatic nitrogens is 1. The normalized spacial score (nSPS) is 21.0. The van der Waals surface area contributed by atoms with Crippen LogP contribution in [0.5, 0.6) is 0 Å². The summed E-state index contributed by atoms with van der Waals surface area (Å²) in [5, 5.41) is 6.52. The van der Waals surface area contributed by atoms with Crippen molar-refractivity contribution in [1.82, 2.24) is 10.3 Å². The van der Waals surface area contributed by atoms with Crippen LogP contribution in [0.25, 0.3) is 10.4 Å². The van der Waals surface area contributed by atoms with Crippen molar-refractivity contribution >= 4 is 22.9 Å². The standard InChI is InChI=1S/C15H17N3OS/c1-3-6-15(2)17-11-9-12(10-4-7-16-8-5-10)20-13(11)14(19)18-15/h4-5,7-9,17H,3,6H2,1-2H3,(H,18,19). The third kappa shape index (κ3) is 2.29. The first-order chi connectivity index (χ1) is 9.61. The van der Waals surface area contributed by atoms with Gasteiger partial charge in [0.1, 0.15) is 10.5 Å². The Kier molecular flexibility index (Phi) is 3.22. The molecule has 20 heavy (non-hydrogen) atoms. The molecule has 1 amide bonds. The van der Waals surface area contributed by atoms with Crippen molar-refractivity contribution in [2.24, 2.45) is 0 Å². The molecule has 0 bridgehead atoms. The predicted octanol–water partition coefficient (Wildman–Crippen LogP) is 3.48. The molecule has 1 aliphatic heterocycles. The van der Waals surface area contributed by atoms with E-state index < -0.39 is 0 Å². The first-order valence-electron chi connectivity index (χ1n) is 6.76. The summed E-state index contributed by atoms with van der Waals surface area (Å²) in [7, 11) is 0. The minimum Gasteiger partial charge on any atom is -0.362 e. The van der Waals surface area contributed by atoms with E-state index in [1.807, 2.05) is 19.1 Å². The topological polar surface area (TPSA) is 54.0 Å². The summed E-state index contributed by atoms with van der Waals surface area (Å²) in [6.45, 7) is 4.14. The summed E-state index contributed by atoms with van der Waals surface area (Å²) in [5.41, 5.74) is 1.67. The van der Waals surface area contributed by atoms with Crippen LogP contribution in [0, 0.1) is 0 Å². The third-order valence-corrected chi connectivity index (χ3v) is 4.64. The quantitative estimate of drug-likeness (QED) is 0.908. The molecule has 1 unspecified atom stereocenters. The number of amides is 1. The second kappa shape index (κ2) is 4.90. The van der Waals surface area contributed by atoms with E-state index in [2.05, 4.69) is 28.6 Å². The number of nitrogens with one attached hydrogen (secondary N) is 2. The smallest absolute Gasteiger partial charge is 0.265 e. The number of hydrogen-bond acceptors (Lipinski definition) is 4. The van der Waals surface area contributed by atoms with Crippen molar-refractivity contribution in [3.63, 3.8) is 0 Å². The molecule has 0 fully saturated rings. The molecule has 0 saturated carbocycles. The Bertz CT molecular complexity index is 638. The van der Waals surface area contributed by atoms with Gasteiger partial charge in [0.15, 0.2) is 0 Å². The summed E-state index contributed by atoms with van der Waals surface area (Å²) >= 11 is 1.51. The third-order valence-electron chi connectivity index (χ3n) is 3.45. The lowest BCUT2D eigenvalue weighted by Gasteiger charge is -2.36. The number of pyridine rings is 1. The average Bonchev–Trinajstić information content (AvgIpc) is 2.83. The van der Waals surface area contributed by atoms with Gasteiger partial charge >= 0.3 is 0 Å². The van der Waals surface area contributed by atoms with Crippen molar-refractivity contribution in [3.05, 3.63) is 35.5 Å². The van der Waals surface area contributed by atoms with Crippen LogP contribution in [0.2, 0.25) is 0 Å². The molecule has 1 aliphatic rings. The molecule has 104 valence electrons. The molecule has 0 radical (unpaired) electrons. The Morgan fingerprint density at radius 1 is 1.30 bits per heavy atom. The molecular formula is C15H17N3OS. The van der Waals surface area contributed by atoms with Crippen LogP contribution >= 0.6 is 11.3 Å². The van der Waals surface area contributed by atoms with Gasteiger partial charge in [0.2, 0.25) is 0 Å². The van der Waals surface area contributed by atoms with Crippen molar-refractivity contribution in [3.8, 4) is 10.4 Å². The van der Waals surface area contributed by atoms with E-state index >= 15 is 0 Å². The van der Waals surface area contributed by atoms with Crippen molar-refractivity contribution in [2.45, 2.75) is 32.4 Å². The Hall–Kier alpha value is -1.88.